The Labute approximate surface area is 210 Å². The van der Waals surface area contributed by atoms with Crippen molar-refractivity contribution in [2.75, 3.05) is 5.32 Å². The van der Waals surface area contributed by atoms with Crippen molar-refractivity contribution in [2.45, 2.75) is 13.3 Å². The van der Waals surface area contributed by atoms with E-state index in [0.717, 1.165) is 18.1 Å². The molecule has 7 nitrogen and oxygen atoms in total. The SMILES string of the molecule is CCc1ccc(Oc2nc3ccccn3c(=O)c2/C=C(/C#N)C(=O)Nc2cccc(Cl)c2Cl)cc1. The second-order valence-electron chi connectivity index (χ2n) is 7.39. The van der Waals surface area contributed by atoms with E-state index in [0.29, 0.717) is 11.4 Å². The fourth-order valence-electron chi connectivity index (χ4n) is 3.27. The number of anilines is 1. The van der Waals surface area contributed by atoms with Crippen molar-refractivity contribution >= 4 is 46.5 Å². The van der Waals surface area contributed by atoms with Gasteiger partial charge in [-0.2, -0.15) is 10.2 Å². The maximum Gasteiger partial charge on any atom is 0.269 e. The van der Waals surface area contributed by atoms with Crippen molar-refractivity contribution in [3.05, 3.63) is 104 Å². The van der Waals surface area contributed by atoms with Crippen molar-refractivity contribution in [2.24, 2.45) is 0 Å². The van der Waals surface area contributed by atoms with E-state index in [1.54, 1.807) is 54.7 Å². The zero-order valence-corrected chi connectivity index (χ0v) is 20.0. The Balaban J connectivity index is 1.79. The summed E-state index contributed by atoms with van der Waals surface area (Å²) in [4.78, 5) is 30.6. The number of hydrogen-bond donors (Lipinski definition) is 1. The van der Waals surface area contributed by atoms with Crippen molar-refractivity contribution in [1.29, 1.82) is 5.26 Å². The normalized spacial score (nSPS) is 11.2. The zero-order valence-electron chi connectivity index (χ0n) is 18.5. The Morgan fingerprint density at radius 3 is 2.63 bits per heavy atom. The third kappa shape index (κ3) is 5.19. The quantitative estimate of drug-likeness (QED) is 0.260. The van der Waals surface area contributed by atoms with Gasteiger partial charge in [0.15, 0.2) is 0 Å². The first-order valence-corrected chi connectivity index (χ1v) is 11.3. The van der Waals surface area contributed by atoms with Crippen LogP contribution in [-0.2, 0) is 11.2 Å². The average Bonchev–Trinajstić information content (AvgIpc) is 2.87. The van der Waals surface area contributed by atoms with Gasteiger partial charge in [0, 0.05) is 6.20 Å². The molecule has 0 atom stereocenters. The number of amides is 1. The first-order chi connectivity index (χ1) is 16.9. The van der Waals surface area contributed by atoms with Gasteiger partial charge in [-0.05, 0) is 54.5 Å². The lowest BCUT2D eigenvalue weighted by Gasteiger charge is -2.11. The summed E-state index contributed by atoms with van der Waals surface area (Å²) in [5.41, 5.74) is 0.790. The number of fused-ring (bicyclic) bond motifs is 1. The Morgan fingerprint density at radius 1 is 1.14 bits per heavy atom. The minimum absolute atomic E-state index is 0.0354. The molecule has 35 heavy (non-hydrogen) atoms. The highest BCUT2D eigenvalue weighted by Crippen LogP contribution is 2.30. The van der Waals surface area contributed by atoms with E-state index in [1.807, 2.05) is 25.1 Å². The molecule has 0 bridgehead atoms. The third-order valence-electron chi connectivity index (χ3n) is 5.13. The zero-order chi connectivity index (χ0) is 24.9. The van der Waals surface area contributed by atoms with Crippen molar-refractivity contribution in [3.8, 4) is 17.7 Å². The summed E-state index contributed by atoms with van der Waals surface area (Å²) < 4.78 is 7.23. The van der Waals surface area contributed by atoms with E-state index in [2.05, 4.69) is 10.3 Å². The van der Waals surface area contributed by atoms with Gasteiger partial charge in [-0.1, -0.05) is 54.4 Å². The molecule has 1 N–H and O–H groups in total. The Bertz CT molecular complexity index is 1550. The topological polar surface area (TPSA) is 96.5 Å². The molecule has 0 saturated heterocycles. The van der Waals surface area contributed by atoms with Gasteiger partial charge < -0.3 is 10.1 Å². The molecule has 0 unspecified atom stereocenters. The fourth-order valence-corrected chi connectivity index (χ4v) is 3.62. The van der Waals surface area contributed by atoms with Crippen LogP contribution in [0.25, 0.3) is 11.7 Å². The van der Waals surface area contributed by atoms with Crippen LogP contribution in [0.3, 0.4) is 0 Å². The largest absolute Gasteiger partial charge is 0.438 e. The van der Waals surface area contributed by atoms with Gasteiger partial charge >= 0.3 is 0 Å². The van der Waals surface area contributed by atoms with Crippen LogP contribution in [0.5, 0.6) is 11.6 Å². The van der Waals surface area contributed by atoms with Crippen LogP contribution in [0.2, 0.25) is 10.0 Å². The molecule has 0 saturated carbocycles. The highest BCUT2D eigenvalue weighted by atomic mass is 35.5. The number of carbonyl (C=O) groups is 1. The smallest absolute Gasteiger partial charge is 0.269 e. The van der Waals surface area contributed by atoms with Gasteiger partial charge in [-0.15, -0.1) is 0 Å². The number of nitriles is 1. The van der Waals surface area contributed by atoms with E-state index < -0.39 is 11.5 Å². The summed E-state index contributed by atoms with van der Waals surface area (Å²) in [6.07, 6.45) is 3.55. The maximum absolute atomic E-state index is 13.3. The molecule has 174 valence electrons. The van der Waals surface area contributed by atoms with Crippen LogP contribution in [0.15, 0.2) is 77.2 Å². The van der Waals surface area contributed by atoms with Crippen LogP contribution in [0.4, 0.5) is 5.69 Å². The molecule has 0 spiro atoms. The molecule has 9 heteroatoms. The Hall–Kier alpha value is -4.12. The molecule has 4 aromatic rings. The lowest BCUT2D eigenvalue weighted by atomic mass is 10.1. The highest BCUT2D eigenvalue weighted by molar-refractivity contribution is 6.44. The van der Waals surface area contributed by atoms with Crippen LogP contribution in [0.1, 0.15) is 18.1 Å². The molecule has 2 aromatic carbocycles. The molecular formula is C26H18Cl2N4O3. The third-order valence-corrected chi connectivity index (χ3v) is 5.95. The lowest BCUT2D eigenvalue weighted by Crippen LogP contribution is -2.20. The number of hydrogen-bond acceptors (Lipinski definition) is 5. The predicted octanol–water partition coefficient (Wildman–Crippen LogP) is 5.90. The molecule has 0 aliphatic heterocycles. The Morgan fingerprint density at radius 2 is 1.91 bits per heavy atom. The van der Waals surface area contributed by atoms with Gasteiger partial charge in [-0.3, -0.25) is 14.0 Å². The molecule has 4 rings (SSSR count). The molecule has 2 heterocycles. The number of rotatable bonds is 6. The molecule has 2 aromatic heterocycles. The molecular weight excluding hydrogens is 487 g/mol. The first kappa shape index (κ1) is 24.0. The highest BCUT2D eigenvalue weighted by Gasteiger charge is 2.18. The number of ether oxygens (including phenoxy) is 1. The standard InChI is InChI=1S/C26H18Cl2N4O3/c1-2-16-9-11-18(12-10-16)35-25-19(26(34)32-13-4-3-8-22(32)31-25)14-17(15-29)24(33)30-21-7-5-6-20(27)23(21)28/h3-14H,2H2,1H3,(H,30,33)/b17-14-. The van der Waals surface area contributed by atoms with Crippen molar-refractivity contribution in [1.82, 2.24) is 9.38 Å². The minimum atomic E-state index is -0.771. The molecule has 0 radical (unpaired) electrons. The molecule has 0 fully saturated rings. The minimum Gasteiger partial charge on any atom is -0.438 e. The number of aromatic nitrogens is 2. The predicted molar refractivity (Wildman–Crippen MR) is 136 cm³/mol. The van der Waals surface area contributed by atoms with E-state index in [-0.39, 0.29) is 32.7 Å². The second kappa shape index (κ2) is 10.4. The van der Waals surface area contributed by atoms with E-state index in [9.17, 15) is 14.9 Å². The van der Waals surface area contributed by atoms with Crippen LogP contribution in [-0.4, -0.2) is 15.3 Å². The van der Waals surface area contributed by atoms with Gasteiger partial charge in [0.2, 0.25) is 5.88 Å². The average molecular weight is 505 g/mol. The summed E-state index contributed by atoms with van der Waals surface area (Å²) in [5, 5.41) is 12.6. The maximum atomic E-state index is 13.3. The molecule has 0 aliphatic rings. The number of nitrogens with one attached hydrogen (secondary N) is 1. The van der Waals surface area contributed by atoms with Gasteiger partial charge in [-0.25, -0.2) is 0 Å². The van der Waals surface area contributed by atoms with Crippen LogP contribution < -0.4 is 15.6 Å². The Kier molecular flexibility index (Phi) is 7.16. The number of carbonyl (C=O) groups excluding carboxylic acids is 1. The van der Waals surface area contributed by atoms with Gasteiger partial charge in [0.25, 0.3) is 11.5 Å². The van der Waals surface area contributed by atoms with Crippen molar-refractivity contribution in [3.63, 3.8) is 0 Å². The molecule has 0 aliphatic carbocycles. The summed E-state index contributed by atoms with van der Waals surface area (Å²) >= 11 is 12.1. The number of aryl methyl sites for hydroxylation is 1. The number of nitrogens with zero attached hydrogens (tertiary/aromatic N) is 3. The summed E-state index contributed by atoms with van der Waals surface area (Å²) in [5.74, 6) is -0.350. The summed E-state index contributed by atoms with van der Waals surface area (Å²) in [6, 6.07) is 18.9. The number of benzene rings is 2. The van der Waals surface area contributed by atoms with E-state index >= 15 is 0 Å². The van der Waals surface area contributed by atoms with Crippen molar-refractivity contribution < 1.29 is 9.53 Å². The van der Waals surface area contributed by atoms with E-state index in [4.69, 9.17) is 27.9 Å². The van der Waals surface area contributed by atoms with Crippen LogP contribution >= 0.6 is 23.2 Å². The summed E-state index contributed by atoms with van der Waals surface area (Å²) in [7, 11) is 0. The van der Waals surface area contributed by atoms with Crippen LogP contribution in [0, 0.1) is 11.3 Å². The second-order valence-corrected chi connectivity index (χ2v) is 8.17. The van der Waals surface area contributed by atoms with Gasteiger partial charge in [0.1, 0.15) is 28.6 Å². The lowest BCUT2D eigenvalue weighted by molar-refractivity contribution is -0.112. The van der Waals surface area contributed by atoms with E-state index in [1.165, 1.54) is 4.40 Å². The molecule has 1 amide bonds. The van der Waals surface area contributed by atoms with Gasteiger partial charge in [0.05, 0.1) is 15.7 Å². The fraction of sp³-hybridized carbons (Fsp3) is 0.0769. The number of pyridine rings is 1. The first-order valence-electron chi connectivity index (χ1n) is 10.6. The summed E-state index contributed by atoms with van der Waals surface area (Å²) in [6.45, 7) is 2.04. The number of halogens is 2. The monoisotopic (exact) mass is 504 g/mol.